The maximum Gasteiger partial charge on any atom is -0.147 e. The second-order valence-electron chi connectivity index (χ2n) is 2.33. The molecular weight excluding hydrogens is 203 g/mol. The van der Waals surface area contributed by atoms with Gasteiger partial charge in [0.15, 0.2) is 0 Å². The topological polar surface area (TPSA) is 0 Å². The van der Waals surface area contributed by atoms with Crippen molar-refractivity contribution in [1.82, 2.24) is 0 Å². The second-order valence-corrected chi connectivity index (χ2v) is 3.27. The Labute approximate surface area is 86.4 Å². The van der Waals surface area contributed by atoms with Gasteiger partial charge in [0.05, 0.1) is 0 Å². The van der Waals surface area contributed by atoms with E-state index in [1.54, 1.807) is 0 Å². The first-order valence-corrected chi connectivity index (χ1v) is 3.57. The van der Waals surface area contributed by atoms with Gasteiger partial charge in [-0.15, -0.1) is 24.8 Å². The zero-order valence-corrected chi connectivity index (χ0v) is 9.30. The Bertz CT molecular complexity index is 170. The zero-order valence-electron chi connectivity index (χ0n) is 6.10. The first-order chi connectivity index (χ1) is 3.70. The van der Waals surface area contributed by atoms with E-state index in [1.165, 1.54) is 21.4 Å². The summed E-state index contributed by atoms with van der Waals surface area (Å²) in [5.74, 6) is 0. The molecule has 1 aliphatic carbocycles. The van der Waals surface area contributed by atoms with Crippen LogP contribution in [0.1, 0.15) is 20.3 Å². The molecule has 0 radical (unpaired) electrons. The van der Waals surface area contributed by atoms with E-state index in [0.29, 0.717) is 0 Å². The third-order valence-electron chi connectivity index (χ3n) is 1.39. The first-order valence-electron chi connectivity index (χ1n) is 2.78. The Hall–Kier alpha value is 0.774. The van der Waals surface area contributed by atoms with Gasteiger partial charge < -0.3 is 0 Å². The van der Waals surface area contributed by atoms with Crippen LogP contribution in [0.3, 0.4) is 0 Å². The van der Waals surface area contributed by atoms with Crippen molar-refractivity contribution in [1.29, 1.82) is 0 Å². The summed E-state index contributed by atoms with van der Waals surface area (Å²) in [5.41, 5.74) is 2.96. The van der Waals surface area contributed by atoms with Crippen LogP contribution in [-0.4, -0.2) is 0 Å². The van der Waals surface area contributed by atoms with Crippen LogP contribution in [0, 0.1) is 0 Å². The average molecular weight is 214 g/mol. The fourth-order valence-electron chi connectivity index (χ4n) is 0.926. The van der Waals surface area contributed by atoms with Gasteiger partial charge in [-0.2, -0.15) is 0 Å². The Morgan fingerprint density at radius 3 is 1.90 bits per heavy atom. The molecular formula is C7H11Cl2Ti. The fourth-order valence-corrected chi connectivity index (χ4v) is 1.47. The Morgan fingerprint density at radius 1 is 1.30 bits per heavy atom. The van der Waals surface area contributed by atoms with Crippen LogP contribution in [-0.2, 0) is 20.4 Å². The molecule has 0 aliphatic heterocycles. The van der Waals surface area contributed by atoms with E-state index < -0.39 is 0 Å². The summed E-state index contributed by atoms with van der Waals surface area (Å²) in [4.78, 5) is 0. The summed E-state index contributed by atoms with van der Waals surface area (Å²) >= 11 is 2.20. The molecule has 0 fully saturated rings. The molecule has 0 saturated carbocycles. The molecule has 0 aromatic carbocycles. The molecule has 0 aromatic rings. The van der Waals surface area contributed by atoms with Crippen LogP contribution in [0.4, 0.5) is 0 Å². The van der Waals surface area contributed by atoms with Gasteiger partial charge in [-0.25, -0.2) is 0 Å². The molecule has 0 bridgehead atoms. The third-order valence-corrected chi connectivity index (χ3v) is 2.29. The van der Waals surface area contributed by atoms with E-state index in [-0.39, 0.29) is 24.8 Å². The van der Waals surface area contributed by atoms with E-state index >= 15 is 0 Å². The summed E-state index contributed by atoms with van der Waals surface area (Å²) in [5, 5.41) is 0. The Balaban J connectivity index is 0. The van der Waals surface area contributed by atoms with Gasteiger partial charge in [0.25, 0.3) is 0 Å². The number of halogens is 2. The largest absolute Gasteiger partial charge is 0.147 e. The summed E-state index contributed by atoms with van der Waals surface area (Å²) in [6, 6.07) is 0. The molecule has 0 amide bonds. The molecule has 0 aromatic heterocycles. The predicted molar refractivity (Wildman–Crippen MR) is 45.6 cm³/mol. The summed E-state index contributed by atoms with van der Waals surface area (Å²) in [6.45, 7) is 4.35. The van der Waals surface area contributed by atoms with Crippen molar-refractivity contribution in [2.75, 3.05) is 0 Å². The third kappa shape index (κ3) is 3.25. The van der Waals surface area contributed by atoms with Gasteiger partial charge in [-0.05, 0) is 0 Å². The van der Waals surface area contributed by atoms with Crippen molar-refractivity contribution in [3.8, 4) is 0 Å². The fraction of sp³-hybridized carbons (Fsp3) is 0.429. The van der Waals surface area contributed by atoms with Gasteiger partial charge in [0.2, 0.25) is 0 Å². The Morgan fingerprint density at radius 2 is 1.80 bits per heavy atom. The van der Waals surface area contributed by atoms with E-state index in [4.69, 9.17) is 0 Å². The number of allylic oxidation sites excluding steroid dienone is 4. The molecule has 3 heteroatoms. The van der Waals surface area contributed by atoms with Crippen LogP contribution in [0.2, 0.25) is 0 Å². The van der Waals surface area contributed by atoms with Crippen LogP contribution >= 0.6 is 24.8 Å². The van der Waals surface area contributed by atoms with Crippen LogP contribution < -0.4 is 0 Å². The smallest absolute Gasteiger partial charge is 0.147 e. The van der Waals surface area contributed by atoms with E-state index in [2.05, 4.69) is 40.4 Å². The average Bonchev–Trinajstić information content (AvgIpc) is 1.85. The minimum atomic E-state index is 0. The molecule has 0 saturated heterocycles. The monoisotopic (exact) mass is 213 g/mol. The quantitative estimate of drug-likeness (QED) is 0.543. The number of hydrogen-bond acceptors (Lipinski definition) is 0. The normalized spacial score (nSPS) is 15.5. The SMILES string of the molecule is CC1=CC(C)=[C]([Ti])C1.Cl.Cl. The molecule has 57 valence electrons. The molecule has 1 aliphatic rings. The van der Waals surface area contributed by atoms with Crippen molar-refractivity contribution in [3.63, 3.8) is 0 Å². The van der Waals surface area contributed by atoms with E-state index in [0.717, 1.165) is 0 Å². The Kier molecular flexibility index (Phi) is 7.26. The summed E-state index contributed by atoms with van der Waals surface area (Å²) < 4.78 is 1.53. The van der Waals surface area contributed by atoms with Gasteiger partial charge in [0, 0.05) is 0 Å². The van der Waals surface area contributed by atoms with Gasteiger partial charge in [0.1, 0.15) is 0 Å². The van der Waals surface area contributed by atoms with Crippen LogP contribution in [0.25, 0.3) is 0 Å². The van der Waals surface area contributed by atoms with Crippen molar-refractivity contribution in [2.24, 2.45) is 0 Å². The minimum Gasteiger partial charge on any atom is -0.147 e. The molecule has 0 nitrogen and oxygen atoms in total. The molecule has 0 unspecified atom stereocenters. The van der Waals surface area contributed by atoms with Gasteiger partial charge >= 0.3 is 61.8 Å². The molecule has 0 N–H and O–H groups in total. The van der Waals surface area contributed by atoms with Crippen molar-refractivity contribution in [2.45, 2.75) is 20.3 Å². The number of hydrogen-bond donors (Lipinski definition) is 0. The first kappa shape index (κ1) is 13.4. The summed E-state index contributed by atoms with van der Waals surface area (Å²) in [6.07, 6.45) is 3.46. The molecule has 1 rings (SSSR count). The van der Waals surface area contributed by atoms with Crippen LogP contribution in [0.15, 0.2) is 21.1 Å². The second kappa shape index (κ2) is 5.43. The maximum absolute atomic E-state index is 2.26. The van der Waals surface area contributed by atoms with Crippen molar-refractivity contribution in [3.05, 3.63) is 21.1 Å². The standard InChI is InChI=1S/C7H9.2ClH.Ti/c1-6-3-4-7(2)5-6;;;/h5H,3H2,1-2H3;2*1H;. The molecule has 0 spiro atoms. The van der Waals surface area contributed by atoms with E-state index in [9.17, 15) is 0 Å². The molecule has 0 heterocycles. The maximum atomic E-state index is 2.26. The molecule has 10 heavy (non-hydrogen) atoms. The minimum absolute atomic E-state index is 0. The van der Waals surface area contributed by atoms with Crippen LogP contribution in [0.5, 0.6) is 0 Å². The van der Waals surface area contributed by atoms with Crippen molar-refractivity contribution < 1.29 is 20.4 Å². The summed E-state index contributed by atoms with van der Waals surface area (Å²) in [7, 11) is 0. The van der Waals surface area contributed by atoms with Gasteiger partial charge in [-0.1, -0.05) is 0 Å². The number of rotatable bonds is 0. The predicted octanol–water partition coefficient (Wildman–Crippen LogP) is 3.00. The van der Waals surface area contributed by atoms with E-state index in [1.807, 2.05) is 0 Å². The van der Waals surface area contributed by atoms with Gasteiger partial charge in [-0.3, -0.25) is 0 Å². The zero-order chi connectivity index (χ0) is 6.15. The van der Waals surface area contributed by atoms with Crippen molar-refractivity contribution >= 4 is 24.8 Å². The molecule has 0 atom stereocenters.